The van der Waals surface area contributed by atoms with E-state index in [0.29, 0.717) is 17.9 Å². The third kappa shape index (κ3) is 2.19. The largest absolute Gasteiger partial charge is 0.276 e. The molecule has 4 nitrogen and oxygen atoms in total. The van der Waals surface area contributed by atoms with E-state index in [1.54, 1.807) is 5.56 Å². The van der Waals surface area contributed by atoms with Gasteiger partial charge in [0.15, 0.2) is 0 Å². The summed E-state index contributed by atoms with van der Waals surface area (Å²) in [5.41, 5.74) is 7.27. The minimum Gasteiger partial charge on any atom is -0.276 e. The van der Waals surface area contributed by atoms with E-state index < -0.39 is 0 Å². The molecule has 21 heavy (non-hydrogen) atoms. The quantitative estimate of drug-likeness (QED) is 0.664. The van der Waals surface area contributed by atoms with Gasteiger partial charge in [-0.3, -0.25) is 16.0 Å². The SMILES string of the molecule is Cn1ccc(CC(NN)C2C3CCc4ccccc4C32)n1. The van der Waals surface area contributed by atoms with Gasteiger partial charge in [0, 0.05) is 25.7 Å². The summed E-state index contributed by atoms with van der Waals surface area (Å²) in [4.78, 5) is 0. The zero-order valence-electron chi connectivity index (χ0n) is 12.4. The van der Waals surface area contributed by atoms with Crippen LogP contribution in [0.5, 0.6) is 0 Å². The number of aryl methyl sites for hydroxylation is 2. The number of fused-ring (bicyclic) bond motifs is 3. The smallest absolute Gasteiger partial charge is 0.0640 e. The van der Waals surface area contributed by atoms with Crippen LogP contribution in [-0.4, -0.2) is 15.8 Å². The third-order valence-electron chi connectivity index (χ3n) is 5.27. The molecule has 4 atom stereocenters. The lowest BCUT2D eigenvalue weighted by Gasteiger charge is -2.15. The fraction of sp³-hybridized carbons (Fsp3) is 0.471. The molecule has 0 radical (unpaired) electrons. The highest BCUT2D eigenvalue weighted by molar-refractivity contribution is 5.40. The van der Waals surface area contributed by atoms with Crippen LogP contribution >= 0.6 is 0 Å². The molecule has 2 aliphatic rings. The van der Waals surface area contributed by atoms with Crippen LogP contribution in [0.25, 0.3) is 0 Å². The molecule has 1 aromatic carbocycles. The lowest BCUT2D eigenvalue weighted by molar-refractivity contribution is 0.436. The number of hydrogen-bond donors (Lipinski definition) is 2. The number of nitrogens with zero attached hydrogens (tertiary/aromatic N) is 2. The molecule has 4 heteroatoms. The van der Waals surface area contributed by atoms with Crippen molar-refractivity contribution in [2.75, 3.05) is 0 Å². The van der Waals surface area contributed by atoms with Crippen molar-refractivity contribution in [3.8, 4) is 0 Å². The molecule has 4 rings (SSSR count). The predicted molar refractivity (Wildman–Crippen MR) is 82.5 cm³/mol. The summed E-state index contributed by atoms with van der Waals surface area (Å²) in [7, 11) is 1.96. The van der Waals surface area contributed by atoms with Gasteiger partial charge in [-0.05, 0) is 47.8 Å². The first-order valence-electron chi connectivity index (χ1n) is 7.80. The van der Waals surface area contributed by atoms with Crippen LogP contribution in [0.15, 0.2) is 36.5 Å². The summed E-state index contributed by atoms with van der Waals surface area (Å²) in [6.07, 6.45) is 5.43. The van der Waals surface area contributed by atoms with E-state index in [2.05, 4.69) is 40.9 Å². The highest BCUT2D eigenvalue weighted by atomic mass is 15.3. The molecular formula is C17H22N4. The number of hydrazine groups is 1. The Labute approximate surface area is 125 Å². The molecule has 0 bridgehead atoms. The number of hydrogen-bond acceptors (Lipinski definition) is 3. The summed E-state index contributed by atoms with van der Waals surface area (Å²) in [5.74, 6) is 8.00. The molecule has 1 heterocycles. The number of aromatic nitrogens is 2. The normalized spacial score (nSPS) is 27.8. The van der Waals surface area contributed by atoms with Crippen LogP contribution in [0.3, 0.4) is 0 Å². The maximum absolute atomic E-state index is 5.86. The molecule has 0 spiro atoms. The molecular weight excluding hydrogens is 260 g/mol. The Hall–Kier alpha value is -1.65. The zero-order chi connectivity index (χ0) is 14.4. The minimum absolute atomic E-state index is 0.320. The van der Waals surface area contributed by atoms with Crippen molar-refractivity contribution in [2.45, 2.75) is 31.2 Å². The first kappa shape index (κ1) is 13.0. The van der Waals surface area contributed by atoms with Crippen LogP contribution in [-0.2, 0) is 19.9 Å². The zero-order valence-corrected chi connectivity index (χ0v) is 12.4. The van der Waals surface area contributed by atoms with Crippen LogP contribution in [0, 0.1) is 11.8 Å². The first-order valence-corrected chi connectivity index (χ1v) is 7.80. The topological polar surface area (TPSA) is 55.9 Å². The maximum atomic E-state index is 5.86. The minimum atomic E-state index is 0.320. The van der Waals surface area contributed by atoms with Crippen LogP contribution < -0.4 is 11.3 Å². The van der Waals surface area contributed by atoms with Gasteiger partial charge >= 0.3 is 0 Å². The molecule has 0 amide bonds. The Morgan fingerprint density at radius 3 is 3.00 bits per heavy atom. The van der Waals surface area contributed by atoms with Crippen molar-refractivity contribution in [3.05, 3.63) is 53.3 Å². The lowest BCUT2D eigenvalue weighted by atomic mass is 9.92. The van der Waals surface area contributed by atoms with Crippen molar-refractivity contribution >= 4 is 0 Å². The lowest BCUT2D eigenvalue weighted by Crippen LogP contribution is -2.39. The summed E-state index contributed by atoms with van der Waals surface area (Å²) < 4.78 is 1.86. The van der Waals surface area contributed by atoms with Crippen LogP contribution in [0.4, 0.5) is 0 Å². The van der Waals surface area contributed by atoms with Gasteiger partial charge in [-0.1, -0.05) is 24.3 Å². The molecule has 2 aromatic rings. The highest BCUT2D eigenvalue weighted by Gasteiger charge is 2.56. The molecule has 1 saturated carbocycles. The van der Waals surface area contributed by atoms with Crippen LogP contribution in [0.2, 0.25) is 0 Å². The Morgan fingerprint density at radius 2 is 2.24 bits per heavy atom. The summed E-state index contributed by atoms with van der Waals surface area (Å²) in [6, 6.07) is 11.3. The van der Waals surface area contributed by atoms with Crippen molar-refractivity contribution in [3.63, 3.8) is 0 Å². The summed E-state index contributed by atoms with van der Waals surface area (Å²) >= 11 is 0. The monoisotopic (exact) mass is 282 g/mol. The van der Waals surface area contributed by atoms with Gasteiger partial charge in [0.2, 0.25) is 0 Å². The van der Waals surface area contributed by atoms with E-state index >= 15 is 0 Å². The average molecular weight is 282 g/mol. The van der Waals surface area contributed by atoms with E-state index in [-0.39, 0.29) is 0 Å². The van der Waals surface area contributed by atoms with Crippen molar-refractivity contribution in [1.82, 2.24) is 15.2 Å². The Bertz CT molecular complexity index is 648. The second-order valence-electron chi connectivity index (χ2n) is 6.46. The van der Waals surface area contributed by atoms with Crippen molar-refractivity contribution in [2.24, 2.45) is 24.7 Å². The average Bonchev–Trinajstić information content (AvgIpc) is 3.11. The molecule has 110 valence electrons. The molecule has 3 N–H and O–H groups in total. The van der Waals surface area contributed by atoms with Crippen LogP contribution in [0.1, 0.15) is 29.2 Å². The fourth-order valence-corrected chi connectivity index (χ4v) is 4.27. The summed E-state index contributed by atoms with van der Waals surface area (Å²) in [6.45, 7) is 0. The molecule has 1 aromatic heterocycles. The molecule has 0 saturated heterocycles. The van der Waals surface area contributed by atoms with Gasteiger partial charge in [-0.15, -0.1) is 0 Å². The van der Waals surface area contributed by atoms with Gasteiger partial charge in [-0.25, -0.2) is 0 Å². The van der Waals surface area contributed by atoms with E-state index in [4.69, 9.17) is 5.84 Å². The number of benzene rings is 1. The second-order valence-corrected chi connectivity index (χ2v) is 6.46. The van der Waals surface area contributed by atoms with E-state index in [0.717, 1.165) is 18.0 Å². The van der Waals surface area contributed by atoms with E-state index in [1.165, 1.54) is 18.4 Å². The molecule has 0 aliphatic heterocycles. The van der Waals surface area contributed by atoms with Gasteiger partial charge < -0.3 is 0 Å². The number of rotatable bonds is 4. The van der Waals surface area contributed by atoms with Gasteiger partial charge in [0.05, 0.1) is 5.69 Å². The van der Waals surface area contributed by atoms with Gasteiger partial charge in [0.1, 0.15) is 0 Å². The Balaban J connectivity index is 1.54. The Morgan fingerprint density at radius 1 is 1.38 bits per heavy atom. The van der Waals surface area contributed by atoms with Crippen molar-refractivity contribution in [1.29, 1.82) is 0 Å². The maximum Gasteiger partial charge on any atom is 0.0640 e. The molecule has 1 fully saturated rings. The highest BCUT2D eigenvalue weighted by Crippen LogP contribution is 2.61. The van der Waals surface area contributed by atoms with E-state index in [1.807, 2.05) is 17.9 Å². The first-order chi connectivity index (χ1) is 10.3. The summed E-state index contributed by atoms with van der Waals surface area (Å²) in [5, 5.41) is 4.49. The standard InChI is InChI=1S/C17H22N4/c1-21-9-8-12(20-21)10-15(19-18)17-14-7-6-11-4-2-3-5-13(11)16(14)17/h2-5,8-9,14-17,19H,6-7,10,18H2,1H3. The number of nitrogens with two attached hydrogens (primary N) is 1. The fourth-order valence-electron chi connectivity index (χ4n) is 4.27. The van der Waals surface area contributed by atoms with E-state index in [9.17, 15) is 0 Å². The second kappa shape index (κ2) is 4.97. The third-order valence-corrected chi connectivity index (χ3v) is 5.27. The van der Waals surface area contributed by atoms with Crippen molar-refractivity contribution < 1.29 is 0 Å². The Kier molecular flexibility index (Phi) is 3.08. The molecule has 2 aliphatic carbocycles. The van der Waals surface area contributed by atoms with Gasteiger partial charge in [0.25, 0.3) is 0 Å². The van der Waals surface area contributed by atoms with Gasteiger partial charge in [-0.2, -0.15) is 5.10 Å². The number of nitrogens with one attached hydrogen (secondary N) is 1. The molecule has 4 unspecified atom stereocenters. The predicted octanol–water partition coefficient (Wildman–Crippen LogP) is 1.77.